The van der Waals surface area contributed by atoms with Gasteiger partial charge < -0.3 is 19.3 Å². The molecule has 0 aliphatic heterocycles. The molecule has 0 atom stereocenters. The number of pyridine rings is 2. The first-order valence-electron chi connectivity index (χ1n) is 21.9. The minimum Gasteiger partial charge on any atom is -0.455 e. The van der Waals surface area contributed by atoms with Gasteiger partial charge in [0.25, 0.3) is 0 Å². The highest BCUT2D eigenvalue weighted by atomic mass is 16.5. The second-order valence-electron chi connectivity index (χ2n) is 17.1. The summed E-state index contributed by atoms with van der Waals surface area (Å²) in [6.07, 6.45) is 7.35. The van der Waals surface area contributed by atoms with Gasteiger partial charge in [-0.05, 0) is 110 Å². The van der Waals surface area contributed by atoms with E-state index in [1.807, 2.05) is 89.4 Å². The highest BCUT2D eigenvalue weighted by molar-refractivity contribution is 6.10. The molecule has 0 N–H and O–H groups in total. The molecule has 0 aliphatic carbocycles. The van der Waals surface area contributed by atoms with E-state index in [-0.39, 0.29) is 0 Å². The van der Waals surface area contributed by atoms with Gasteiger partial charge in [-0.25, -0.2) is 9.97 Å². The number of nitrogens with zero attached hydrogens (tertiary/aromatic N) is 8. The molecule has 322 valence electrons. The van der Waals surface area contributed by atoms with Crippen molar-refractivity contribution in [3.8, 4) is 57.1 Å². The van der Waals surface area contributed by atoms with Crippen LogP contribution in [0.3, 0.4) is 0 Å². The summed E-state index contributed by atoms with van der Waals surface area (Å²) in [5, 5.41) is 4.58. The number of rotatable bonds is 10. The topological polar surface area (TPSA) is 86.4 Å². The van der Waals surface area contributed by atoms with Crippen LogP contribution in [0.2, 0.25) is 0 Å². The number of para-hydroxylation sites is 2. The molecular weight excluding hydrogens is 817 g/mol. The number of ether oxygens (including phenoxy) is 2. The summed E-state index contributed by atoms with van der Waals surface area (Å²) < 4.78 is 17.9. The first-order valence-corrected chi connectivity index (χ1v) is 21.9. The predicted octanol–water partition coefficient (Wildman–Crippen LogP) is 13.1. The van der Waals surface area contributed by atoms with Crippen LogP contribution in [0.1, 0.15) is 11.1 Å². The Morgan fingerprint density at radius 3 is 1.24 bits per heavy atom. The fourth-order valence-electron chi connectivity index (χ4n) is 8.94. The summed E-state index contributed by atoms with van der Waals surface area (Å²) >= 11 is 0. The minimum atomic E-state index is 0.703. The lowest BCUT2D eigenvalue weighted by Crippen LogP contribution is -2.10. The third-order valence-corrected chi connectivity index (χ3v) is 12.1. The van der Waals surface area contributed by atoms with Crippen LogP contribution >= 0.6 is 0 Å². The summed E-state index contributed by atoms with van der Waals surface area (Å²) in [6.45, 7) is 4.17. The van der Waals surface area contributed by atoms with Crippen molar-refractivity contribution in [1.29, 1.82) is 0 Å². The van der Waals surface area contributed by atoms with Crippen LogP contribution < -0.4 is 19.3 Å². The second-order valence-corrected chi connectivity index (χ2v) is 17.1. The van der Waals surface area contributed by atoms with Crippen LogP contribution in [-0.2, 0) is 0 Å². The van der Waals surface area contributed by atoms with Crippen LogP contribution in [0.15, 0.2) is 170 Å². The molecule has 0 saturated carbocycles. The Morgan fingerprint density at radius 2 is 0.833 bits per heavy atom. The van der Waals surface area contributed by atoms with Crippen molar-refractivity contribution in [2.75, 3.05) is 38.0 Å². The molecule has 11 rings (SSSR count). The normalized spacial score (nSPS) is 11.5. The fourth-order valence-corrected chi connectivity index (χ4v) is 8.94. The maximum atomic E-state index is 6.76. The van der Waals surface area contributed by atoms with Crippen molar-refractivity contribution in [1.82, 2.24) is 29.1 Å². The zero-order valence-electron chi connectivity index (χ0n) is 37.6. The van der Waals surface area contributed by atoms with E-state index < -0.39 is 0 Å². The van der Waals surface area contributed by atoms with Crippen LogP contribution in [0.25, 0.3) is 77.8 Å². The van der Waals surface area contributed by atoms with Gasteiger partial charge in [0.2, 0.25) is 0 Å². The van der Waals surface area contributed by atoms with Gasteiger partial charge in [-0.15, -0.1) is 0 Å². The smallest absolute Gasteiger partial charge is 0.151 e. The van der Waals surface area contributed by atoms with Gasteiger partial charge in [-0.3, -0.25) is 19.1 Å². The van der Waals surface area contributed by atoms with Crippen LogP contribution in [0, 0.1) is 13.8 Å². The Kier molecular flexibility index (Phi) is 9.92. The van der Waals surface area contributed by atoms with E-state index in [0.717, 1.165) is 100 Å². The van der Waals surface area contributed by atoms with Crippen molar-refractivity contribution >= 4 is 55.0 Å². The first-order chi connectivity index (χ1) is 32.2. The lowest BCUT2D eigenvalue weighted by atomic mass is 10.1. The van der Waals surface area contributed by atoms with Crippen LogP contribution in [0.5, 0.6) is 23.0 Å². The Balaban J connectivity index is 0.908. The molecule has 0 bridgehead atoms. The average molecular weight is 863 g/mol. The number of benzene rings is 6. The standard InChI is InChI=1S/C56H46N8O2/c1-35-23-25-57-55(27-35)63-47-13-9-7-11-41(47)43-19-17-39(31-51(43)63)65-53-29-37(15-21-49(53)61(3)4)45-33-60-46(34-59-45)38-16-22-50(62(5)6)54(30-38)66-40-18-20-44-42-12-8-10-14-48(42)64(52(44)32-40)56-28-36(2)24-26-58-56/h7-34H,1-6H3. The number of aryl methyl sites for hydroxylation is 2. The summed E-state index contributed by atoms with van der Waals surface area (Å²) in [4.78, 5) is 23.5. The zero-order chi connectivity index (χ0) is 45.1. The molecule has 6 aromatic carbocycles. The number of aromatic nitrogens is 6. The molecule has 0 unspecified atom stereocenters. The van der Waals surface area contributed by atoms with Gasteiger partial charge >= 0.3 is 0 Å². The van der Waals surface area contributed by atoms with Gasteiger partial charge in [0.05, 0.1) is 57.2 Å². The van der Waals surface area contributed by atoms with E-state index in [0.29, 0.717) is 23.0 Å². The Bertz CT molecular complexity index is 3410. The van der Waals surface area contributed by atoms with Crippen molar-refractivity contribution in [2.24, 2.45) is 0 Å². The molecule has 66 heavy (non-hydrogen) atoms. The minimum absolute atomic E-state index is 0.703. The quantitative estimate of drug-likeness (QED) is 0.134. The second kappa shape index (κ2) is 16.2. The summed E-state index contributed by atoms with van der Waals surface area (Å²) in [5.41, 5.74) is 11.6. The Morgan fingerprint density at radius 1 is 0.409 bits per heavy atom. The van der Waals surface area contributed by atoms with Gasteiger partial charge in [0, 0.05) is 85.4 Å². The number of hydrogen-bond donors (Lipinski definition) is 0. The molecule has 10 nitrogen and oxygen atoms in total. The molecule has 0 radical (unpaired) electrons. The maximum absolute atomic E-state index is 6.76. The molecule has 5 aromatic heterocycles. The molecule has 5 heterocycles. The average Bonchev–Trinajstić information content (AvgIpc) is 3.83. The predicted molar refractivity (Wildman–Crippen MR) is 268 cm³/mol. The zero-order valence-corrected chi connectivity index (χ0v) is 37.6. The third-order valence-electron chi connectivity index (χ3n) is 12.1. The van der Waals surface area contributed by atoms with E-state index in [2.05, 4.69) is 142 Å². The molecule has 0 fully saturated rings. The Hall–Kier alpha value is -8.50. The first kappa shape index (κ1) is 40.3. The van der Waals surface area contributed by atoms with Crippen molar-refractivity contribution in [3.63, 3.8) is 0 Å². The number of hydrogen-bond acceptors (Lipinski definition) is 8. The third kappa shape index (κ3) is 7.18. The molecule has 11 aromatic rings. The van der Waals surface area contributed by atoms with E-state index in [1.54, 1.807) is 0 Å². The fraction of sp³-hybridized carbons (Fsp3) is 0.107. The molecule has 10 heteroatoms. The largest absolute Gasteiger partial charge is 0.455 e. The van der Waals surface area contributed by atoms with E-state index >= 15 is 0 Å². The molecule has 0 saturated heterocycles. The highest BCUT2D eigenvalue weighted by Crippen LogP contribution is 2.41. The van der Waals surface area contributed by atoms with Gasteiger partial charge in [-0.1, -0.05) is 48.5 Å². The van der Waals surface area contributed by atoms with Gasteiger partial charge in [0.1, 0.15) is 23.1 Å². The van der Waals surface area contributed by atoms with Crippen molar-refractivity contribution < 1.29 is 9.47 Å². The molecule has 0 spiro atoms. The van der Waals surface area contributed by atoms with Gasteiger partial charge in [0.15, 0.2) is 11.5 Å². The van der Waals surface area contributed by atoms with Crippen LogP contribution in [-0.4, -0.2) is 57.3 Å². The van der Waals surface area contributed by atoms with Crippen molar-refractivity contribution in [2.45, 2.75) is 13.8 Å². The molecular formula is C56H46N8O2. The van der Waals surface area contributed by atoms with E-state index in [9.17, 15) is 0 Å². The van der Waals surface area contributed by atoms with Crippen molar-refractivity contribution in [3.05, 3.63) is 182 Å². The highest BCUT2D eigenvalue weighted by Gasteiger charge is 2.19. The summed E-state index contributed by atoms with van der Waals surface area (Å²) in [5.74, 6) is 4.56. The Labute approximate surface area is 382 Å². The number of anilines is 2. The SMILES string of the molecule is Cc1ccnc(-n2c3ccccc3c3ccc(Oc4cc(-c5cnc(-c6ccc(N(C)C)c(Oc7ccc8c9ccccc9n(-c9cc(C)ccn9)c8c7)c6)cn5)ccc4N(C)C)cc32)c1. The van der Waals surface area contributed by atoms with E-state index in [4.69, 9.17) is 29.4 Å². The maximum Gasteiger partial charge on any atom is 0.151 e. The molecule has 0 aliphatic rings. The monoisotopic (exact) mass is 862 g/mol. The molecule has 0 amide bonds. The lowest BCUT2D eigenvalue weighted by Gasteiger charge is -2.19. The lowest BCUT2D eigenvalue weighted by molar-refractivity contribution is 0.483. The number of fused-ring (bicyclic) bond motifs is 6. The summed E-state index contributed by atoms with van der Waals surface area (Å²) in [7, 11) is 8.06. The van der Waals surface area contributed by atoms with Crippen LogP contribution in [0.4, 0.5) is 11.4 Å². The van der Waals surface area contributed by atoms with E-state index in [1.165, 1.54) is 0 Å². The summed E-state index contributed by atoms with van der Waals surface area (Å²) in [6, 6.07) is 49.9. The van der Waals surface area contributed by atoms with Gasteiger partial charge in [-0.2, -0.15) is 0 Å².